The largest absolute Gasteiger partial charge is 0.401 e. The lowest BCUT2D eigenvalue weighted by atomic mass is 10.1. The number of halogens is 5. The first-order valence-corrected chi connectivity index (χ1v) is 5.95. The van der Waals surface area contributed by atoms with E-state index in [-0.39, 0.29) is 6.54 Å². The highest BCUT2D eigenvalue weighted by Gasteiger charge is 2.28. The van der Waals surface area contributed by atoms with Crippen molar-refractivity contribution in [1.29, 1.82) is 0 Å². The van der Waals surface area contributed by atoms with Crippen LogP contribution in [0.1, 0.15) is 11.6 Å². The van der Waals surface area contributed by atoms with E-state index in [1.807, 2.05) is 0 Å². The molecule has 3 N–H and O–H groups in total. The van der Waals surface area contributed by atoms with E-state index in [2.05, 4.69) is 21.2 Å². The van der Waals surface area contributed by atoms with Crippen LogP contribution in [-0.4, -0.2) is 19.3 Å². The summed E-state index contributed by atoms with van der Waals surface area (Å²) in [7, 11) is 0. The summed E-state index contributed by atoms with van der Waals surface area (Å²) in [4.78, 5) is 0. The summed E-state index contributed by atoms with van der Waals surface area (Å²) < 4.78 is 36.9. The zero-order valence-corrected chi connectivity index (χ0v) is 11.0. The molecule has 0 aliphatic rings. The summed E-state index contributed by atoms with van der Waals surface area (Å²) in [5, 5.41) is 2.86. The molecule has 0 fully saturated rings. The van der Waals surface area contributed by atoms with E-state index in [9.17, 15) is 13.2 Å². The van der Waals surface area contributed by atoms with Crippen molar-refractivity contribution in [2.24, 2.45) is 5.73 Å². The highest BCUT2D eigenvalue weighted by atomic mass is 79.9. The van der Waals surface area contributed by atoms with Crippen LogP contribution < -0.4 is 11.1 Å². The third-order valence-corrected chi connectivity index (χ3v) is 3.34. The van der Waals surface area contributed by atoms with Crippen LogP contribution in [-0.2, 0) is 0 Å². The molecule has 0 amide bonds. The van der Waals surface area contributed by atoms with E-state index in [0.29, 0.717) is 15.1 Å². The van der Waals surface area contributed by atoms with Gasteiger partial charge in [-0.2, -0.15) is 13.2 Å². The van der Waals surface area contributed by atoms with Gasteiger partial charge in [-0.1, -0.05) is 17.7 Å². The number of benzene rings is 1. The Labute approximate surface area is 110 Å². The highest BCUT2D eigenvalue weighted by Crippen LogP contribution is 2.26. The fourth-order valence-corrected chi connectivity index (χ4v) is 1.82. The van der Waals surface area contributed by atoms with E-state index in [0.717, 1.165) is 0 Å². The van der Waals surface area contributed by atoms with Crippen LogP contribution >= 0.6 is 27.5 Å². The Balaban J connectivity index is 2.76. The van der Waals surface area contributed by atoms with Crippen molar-refractivity contribution < 1.29 is 13.2 Å². The molecule has 1 rings (SSSR count). The second kappa shape index (κ2) is 6.04. The first-order chi connectivity index (χ1) is 7.83. The van der Waals surface area contributed by atoms with Gasteiger partial charge in [0.15, 0.2) is 0 Å². The molecule has 0 aliphatic carbocycles. The highest BCUT2D eigenvalue weighted by molar-refractivity contribution is 9.10. The van der Waals surface area contributed by atoms with Crippen molar-refractivity contribution in [3.8, 4) is 0 Å². The van der Waals surface area contributed by atoms with Gasteiger partial charge in [0.2, 0.25) is 0 Å². The topological polar surface area (TPSA) is 38.0 Å². The number of hydrogen-bond donors (Lipinski definition) is 2. The number of rotatable bonds is 4. The van der Waals surface area contributed by atoms with Crippen molar-refractivity contribution in [2.45, 2.75) is 12.2 Å². The van der Waals surface area contributed by atoms with Gasteiger partial charge in [0.05, 0.1) is 11.6 Å². The Morgan fingerprint density at radius 1 is 1.41 bits per heavy atom. The maximum absolute atomic E-state index is 12.1. The molecule has 0 aliphatic heterocycles. The molecule has 0 saturated heterocycles. The lowest BCUT2D eigenvalue weighted by Crippen LogP contribution is -2.35. The van der Waals surface area contributed by atoms with Crippen LogP contribution in [0.15, 0.2) is 22.7 Å². The summed E-state index contributed by atoms with van der Waals surface area (Å²) in [5.74, 6) is 0. The maximum Gasteiger partial charge on any atom is 0.401 e. The predicted molar refractivity (Wildman–Crippen MR) is 65.0 cm³/mol. The monoisotopic (exact) mass is 330 g/mol. The minimum Gasteiger partial charge on any atom is -0.329 e. The lowest BCUT2D eigenvalue weighted by molar-refractivity contribution is -0.126. The van der Waals surface area contributed by atoms with Crippen molar-refractivity contribution in [1.82, 2.24) is 5.32 Å². The minimum absolute atomic E-state index is 0.0736. The molecule has 0 radical (unpaired) electrons. The quantitative estimate of drug-likeness (QED) is 0.889. The number of hydrogen-bond acceptors (Lipinski definition) is 2. The van der Waals surface area contributed by atoms with Gasteiger partial charge in [0.25, 0.3) is 0 Å². The Hall–Kier alpha value is -0.300. The van der Waals surface area contributed by atoms with E-state index in [1.54, 1.807) is 18.2 Å². The van der Waals surface area contributed by atoms with Crippen LogP contribution in [0.2, 0.25) is 5.02 Å². The first-order valence-electron chi connectivity index (χ1n) is 4.78. The van der Waals surface area contributed by atoms with Gasteiger partial charge < -0.3 is 11.1 Å². The molecule has 1 unspecified atom stereocenters. The maximum atomic E-state index is 12.1. The zero-order valence-electron chi connectivity index (χ0n) is 8.69. The van der Waals surface area contributed by atoms with Crippen molar-refractivity contribution >= 4 is 27.5 Å². The van der Waals surface area contributed by atoms with Gasteiger partial charge >= 0.3 is 6.18 Å². The Morgan fingerprint density at radius 3 is 2.53 bits per heavy atom. The zero-order chi connectivity index (χ0) is 13.1. The second-order valence-corrected chi connectivity index (χ2v) is 4.72. The summed E-state index contributed by atoms with van der Waals surface area (Å²) >= 11 is 9.01. The average Bonchev–Trinajstić information content (AvgIpc) is 2.22. The molecule has 1 aromatic rings. The lowest BCUT2D eigenvalue weighted by Gasteiger charge is -2.19. The van der Waals surface area contributed by atoms with Crippen LogP contribution in [0.4, 0.5) is 13.2 Å². The molecule has 0 aromatic heterocycles. The van der Waals surface area contributed by atoms with Gasteiger partial charge in [-0.15, -0.1) is 0 Å². The summed E-state index contributed by atoms with van der Waals surface area (Å²) in [6.45, 7) is -1.00. The van der Waals surface area contributed by atoms with Crippen LogP contribution in [0.25, 0.3) is 0 Å². The Bertz CT molecular complexity index is 384. The normalized spacial score (nSPS) is 13.8. The van der Waals surface area contributed by atoms with E-state index in [4.69, 9.17) is 17.3 Å². The molecule has 0 bridgehead atoms. The Morgan fingerprint density at radius 2 is 2.06 bits per heavy atom. The molecule has 0 spiro atoms. The molecular formula is C10H11BrClF3N2. The number of alkyl halides is 3. The number of nitrogens with two attached hydrogens (primary N) is 1. The van der Waals surface area contributed by atoms with Gasteiger partial charge in [0, 0.05) is 17.1 Å². The van der Waals surface area contributed by atoms with E-state index in [1.165, 1.54) is 0 Å². The average molecular weight is 332 g/mol. The van der Waals surface area contributed by atoms with E-state index >= 15 is 0 Å². The smallest absolute Gasteiger partial charge is 0.329 e. The molecule has 0 saturated carbocycles. The first kappa shape index (κ1) is 14.8. The van der Waals surface area contributed by atoms with Crippen LogP contribution in [0.5, 0.6) is 0 Å². The van der Waals surface area contributed by atoms with Crippen molar-refractivity contribution in [3.05, 3.63) is 33.3 Å². The van der Waals surface area contributed by atoms with Crippen molar-refractivity contribution in [3.63, 3.8) is 0 Å². The fraction of sp³-hybridized carbons (Fsp3) is 0.400. The summed E-state index contributed by atoms with van der Waals surface area (Å²) in [5.41, 5.74) is 6.10. The SMILES string of the molecule is NCC(NCC(F)(F)F)c1ccc(Cl)c(Br)c1. The Kier molecular flexibility index (Phi) is 5.24. The third-order valence-electron chi connectivity index (χ3n) is 2.13. The molecular weight excluding hydrogens is 320 g/mol. The van der Waals surface area contributed by atoms with Gasteiger partial charge in [-0.3, -0.25) is 0 Å². The standard InChI is InChI=1S/C10H11BrClF3N2/c11-7-3-6(1-2-8(7)12)9(4-16)17-5-10(13,14)15/h1-3,9,17H,4-5,16H2. The summed E-state index contributed by atoms with van der Waals surface area (Å²) in [6.07, 6.45) is -4.25. The van der Waals surface area contributed by atoms with Gasteiger partial charge in [-0.25, -0.2) is 0 Å². The van der Waals surface area contributed by atoms with Gasteiger partial charge in [0.1, 0.15) is 0 Å². The molecule has 17 heavy (non-hydrogen) atoms. The number of nitrogens with one attached hydrogen (secondary N) is 1. The summed E-state index contributed by atoms with van der Waals surface area (Å²) in [6, 6.07) is 4.36. The predicted octanol–water partition coefficient (Wildman–Crippen LogP) is 3.25. The molecule has 2 nitrogen and oxygen atoms in total. The van der Waals surface area contributed by atoms with Gasteiger partial charge in [-0.05, 0) is 33.6 Å². The van der Waals surface area contributed by atoms with Crippen LogP contribution in [0.3, 0.4) is 0 Å². The fourth-order valence-electron chi connectivity index (χ4n) is 1.31. The molecule has 0 heterocycles. The molecule has 1 atom stereocenters. The third kappa shape index (κ3) is 4.83. The van der Waals surface area contributed by atoms with Crippen molar-refractivity contribution in [2.75, 3.05) is 13.1 Å². The van der Waals surface area contributed by atoms with Crippen LogP contribution in [0, 0.1) is 0 Å². The molecule has 96 valence electrons. The molecule has 7 heteroatoms. The second-order valence-electron chi connectivity index (χ2n) is 3.46. The van der Waals surface area contributed by atoms with E-state index < -0.39 is 18.8 Å². The minimum atomic E-state index is -4.25. The molecule has 1 aromatic carbocycles.